The summed E-state index contributed by atoms with van der Waals surface area (Å²) in [6, 6.07) is 22.2. The number of hydrogen-bond acceptors (Lipinski definition) is 5. The van der Waals surface area contributed by atoms with E-state index in [4.69, 9.17) is 21.1 Å². The van der Waals surface area contributed by atoms with Crippen LogP contribution in [-0.4, -0.2) is 24.7 Å². The minimum atomic E-state index is -0.431. The largest absolute Gasteiger partial charge is 0.484 e. The number of carbonyl (C=O) groups excluding carboxylic acids is 2. The molecule has 0 radical (unpaired) electrons. The number of nitrogens with zero attached hydrogens (tertiary/aromatic N) is 1. The molecule has 6 nitrogen and oxygen atoms in total. The molecule has 3 aromatic rings. The van der Waals surface area contributed by atoms with Crippen LogP contribution in [0.5, 0.6) is 11.5 Å². The van der Waals surface area contributed by atoms with E-state index in [1.807, 2.05) is 6.07 Å². The van der Waals surface area contributed by atoms with E-state index in [0.29, 0.717) is 22.1 Å². The first kappa shape index (κ1) is 20.1. The third kappa shape index (κ3) is 6.48. The van der Waals surface area contributed by atoms with E-state index >= 15 is 0 Å². The maximum Gasteiger partial charge on any atom is 0.343 e. The molecule has 0 unspecified atom stereocenters. The Labute approximate surface area is 172 Å². The summed E-state index contributed by atoms with van der Waals surface area (Å²) in [6.45, 7) is -0.188. The SMILES string of the molecule is O=C(COc1cccc(Cl)c1)N/N=C/c1ccc(OC(=O)c2ccccc2)cc1. The van der Waals surface area contributed by atoms with Crippen molar-refractivity contribution in [2.45, 2.75) is 0 Å². The molecule has 0 saturated carbocycles. The van der Waals surface area contributed by atoms with Crippen LogP contribution >= 0.6 is 11.6 Å². The molecular formula is C22H17ClN2O4. The van der Waals surface area contributed by atoms with Crippen molar-refractivity contribution in [1.82, 2.24) is 5.43 Å². The molecule has 7 heteroatoms. The van der Waals surface area contributed by atoms with E-state index in [1.54, 1.807) is 72.8 Å². The number of hydrazone groups is 1. The first-order valence-corrected chi connectivity index (χ1v) is 9.05. The van der Waals surface area contributed by atoms with Crippen molar-refractivity contribution >= 4 is 29.7 Å². The van der Waals surface area contributed by atoms with Crippen molar-refractivity contribution in [3.05, 3.63) is 95.0 Å². The van der Waals surface area contributed by atoms with Gasteiger partial charge in [-0.1, -0.05) is 35.9 Å². The van der Waals surface area contributed by atoms with Crippen LogP contribution in [0.15, 0.2) is 84.0 Å². The number of hydrogen-bond donors (Lipinski definition) is 1. The summed E-state index contributed by atoms with van der Waals surface area (Å²) in [6.07, 6.45) is 1.47. The zero-order valence-corrected chi connectivity index (χ0v) is 16.0. The lowest BCUT2D eigenvalue weighted by molar-refractivity contribution is -0.123. The van der Waals surface area contributed by atoms with Gasteiger partial charge in [0, 0.05) is 5.02 Å². The number of halogens is 1. The first-order chi connectivity index (χ1) is 14.1. The fourth-order valence-corrected chi connectivity index (χ4v) is 2.46. The van der Waals surface area contributed by atoms with Crippen molar-refractivity contribution in [2.24, 2.45) is 5.10 Å². The van der Waals surface area contributed by atoms with Crippen molar-refractivity contribution < 1.29 is 19.1 Å². The number of benzene rings is 3. The first-order valence-electron chi connectivity index (χ1n) is 8.68. The van der Waals surface area contributed by atoms with Gasteiger partial charge in [-0.25, -0.2) is 10.2 Å². The molecule has 0 spiro atoms. The Bertz CT molecular complexity index is 1000. The summed E-state index contributed by atoms with van der Waals surface area (Å²) in [5, 5.41) is 4.40. The second-order valence-corrected chi connectivity index (χ2v) is 6.30. The molecule has 0 heterocycles. The molecule has 29 heavy (non-hydrogen) atoms. The zero-order chi connectivity index (χ0) is 20.5. The van der Waals surface area contributed by atoms with E-state index in [1.165, 1.54) is 6.21 Å². The fourth-order valence-electron chi connectivity index (χ4n) is 2.28. The van der Waals surface area contributed by atoms with Gasteiger partial charge >= 0.3 is 5.97 Å². The van der Waals surface area contributed by atoms with E-state index in [0.717, 1.165) is 5.56 Å². The van der Waals surface area contributed by atoms with Crippen LogP contribution in [0.25, 0.3) is 0 Å². The van der Waals surface area contributed by atoms with Gasteiger partial charge in [0.15, 0.2) is 6.61 Å². The summed E-state index contributed by atoms with van der Waals surface area (Å²) < 4.78 is 10.6. The molecule has 0 fully saturated rings. The van der Waals surface area contributed by atoms with Gasteiger partial charge in [-0.05, 0) is 60.2 Å². The van der Waals surface area contributed by atoms with E-state index in [2.05, 4.69) is 10.5 Å². The molecule has 1 N–H and O–H groups in total. The fraction of sp³-hybridized carbons (Fsp3) is 0.0455. The number of nitrogens with one attached hydrogen (secondary N) is 1. The van der Waals surface area contributed by atoms with Gasteiger partial charge in [0.1, 0.15) is 11.5 Å². The Kier molecular flexibility index (Phi) is 6.97. The normalized spacial score (nSPS) is 10.5. The Morgan fingerprint density at radius 2 is 1.69 bits per heavy atom. The standard InChI is InChI=1S/C22H17ClN2O4/c23-18-7-4-8-20(13-18)28-15-21(26)25-24-14-16-9-11-19(12-10-16)29-22(27)17-5-2-1-3-6-17/h1-14H,15H2,(H,25,26)/b24-14+. The van der Waals surface area contributed by atoms with Gasteiger partial charge in [-0.2, -0.15) is 5.10 Å². The van der Waals surface area contributed by atoms with Crippen LogP contribution in [0.2, 0.25) is 5.02 Å². The van der Waals surface area contributed by atoms with Crippen LogP contribution in [0.4, 0.5) is 0 Å². The van der Waals surface area contributed by atoms with Crippen molar-refractivity contribution in [1.29, 1.82) is 0 Å². The average Bonchev–Trinajstić information content (AvgIpc) is 2.74. The minimum Gasteiger partial charge on any atom is -0.484 e. The molecule has 0 aliphatic rings. The maximum absolute atomic E-state index is 12.0. The number of amides is 1. The van der Waals surface area contributed by atoms with Crippen molar-refractivity contribution in [2.75, 3.05) is 6.61 Å². The number of carbonyl (C=O) groups is 2. The van der Waals surface area contributed by atoms with Crippen LogP contribution in [-0.2, 0) is 4.79 Å². The molecule has 0 aliphatic carbocycles. The Balaban J connectivity index is 1.46. The highest BCUT2D eigenvalue weighted by atomic mass is 35.5. The lowest BCUT2D eigenvalue weighted by atomic mass is 10.2. The number of ether oxygens (including phenoxy) is 2. The van der Waals surface area contributed by atoms with Gasteiger partial charge in [0.25, 0.3) is 5.91 Å². The molecule has 146 valence electrons. The molecule has 3 rings (SSSR count). The smallest absolute Gasteiger partial charge is 0.343 e. The number of rotatable bonds is 7. The Morgan fingerprint density at radius 3 is 2.41 bits per heavy atom. The molecule has 1 amide bonds. The molecule has 0 saturated heterocycles. The summed E-state index contributed by atoms with van der Waals surface area (Å²) in [5.41, 5.74) is 3.57. The number of esters is 1. The summed E-state index contributed by atoms with van der Waals surface area (Å²) in [5.74, 6) is 0.0702. The van der Waals surface area contributed by atoms with Crippen LogP contribution in [0.1, 0.15) is 15.9 Å². The van der Waals surface area contributed by atoms with Crippen molar-refractivity contribution in [3.63, 3.8) is 0 Å². The van der Waals surface area contributed by atoms with Gasteiger partial charge in [-0.15, -0.1) is 0 Å². The third-order valence-electron chi connectivity index (χ3n) is 3.67. The maximum atomic E-state index is 12.0. The summed E-state index contributed by atoms with van der Waals surface area (Å²) in [7, 11) is 0. The topological polar surface area (TPSA) is 77.0 Å². The minimum absolute atomic E-state index is 0.188. The van der Waals surface area contributed by atoms with Gasteiger partial charge < -0.3 is 9.47 Å². The predicted molar refractivity (Wildman–Crippen MR) is 111 cm³/mol. The highest BCUT2D eigenvalue weighted by molar-refractivity contribution is 6.30. The summed E-state index contributed by atoms with van der Waals surface area (Å²) >= 11 is 5.85. The van der Waals surface area contributed by atoms with E-state index in [9.17, 15) is 9.59 Å². The average molecular weight is 409 g/mol. The molecular weight excluding hydrogens is 392 g/mol. The highest BCUT2D eigenvalue weighted by Gasteiger charge is 2.07. The third-order valence-corrected chi connectivity index (χ3v) is 3.90. The Morgan fingerprint density at radius 1 is 0.931 bits per heavy atom. The van der Waals surface area contributed by atoms with E-state index in [-0.39, 0.29) is 6.61 Å². The van der Waals surface area contributed by atoms with Crippen LogP contribution in [0, 0.1) is 0 Å². The van der Waals surface area contributed by atoms with Gasteiger partial charge in [0.05, 0.1) is 11.8 Å². The zero-order valence-electron chi connectivity index (χ0n) is 15.2. The predicted octanol–water partition coefficient (Wildman–Crippen LogP) is 4.09. The molecule has 0 atom stereocenters. The second kappa shape index (κ2) is 10.1. The van der Waals surface area contributed by atoms with Gasteiger partial charge in [-0.3, -0.25) is 4.79 Å². The lowest BCUT2D eigenvalue weighted by Crippen LogP contribution is -2.24. The molecule has 0 bridgehead atoms. The van der Waals surface area contributed by atoms with Crippen LogP contribution in [0.3, 0.4) is 0 Å². The highest BCUT2D eigenvalue weighted by Crippen LogP contribution is 2.17. The second-order valence-electron chi connectivity index (χ2n) is 5.86. The van der Waals surface area contributed by atoms with Crippen LogP contribution < -0.4 is 14.9 Å². The quantitative estimate of drug-likeness (QED) is 0.276. The molecule has 0 aromatic heterocycles. The van der Waals surface area contributed by atoms with E-state index < -0.39 is 11.9 Å². The van der Waals surface area contributed by atoms with Gasteiger partial charge in [0.2, 0.25) is 0 Å². The monoisotopic (exact) mass is 408 g/mol. The van der Waals surface area contributed by atoms with Crippen molar-refractivity contribution in [3.8, 4) is 11.5 Å². The molecule has 3 aromatic carbocycles. The molecule has 0 aliphatic heterocycles. The lowest BCUT2D eigenvalue weighted by Gasteiger charge is -2.05. The summed E-state index contributed by atoms with van der Waals surface area (Å²) in [4.78, 5) is 23.8. The Hall–Kier alpha value is -3.64.